The fourth-order valence-electron chi connectivity index (χ4n) is 1.89. The Morgan fingerprint density at radius 3 is 2.25 bits per heavy atom. The highest BCUT2D eigenvalue weighted by atomic mass is 19.1. The van der Waals surface area contributed by atoms with Gasteiger partial charge in [0.1, 0.15) is 11.6 Å². The Kier molecular flexibility index (Phi) is 4.42. The van der Waals surface area contributed by atoms with Gasteiger partial charge in [0.25, 0.3) is 5.91 Å². The first-order valence-corrected chi connectivity index (χ1v) is 6.12. The molecule has 0 saturated heterocycles. The predicted octanol–water partition coefficient (Wildman–Crippen LogP) is 2.39. The average Bonchev–Trinajstić information content (AvgIpc) is 2.44. The molecular formula is C15H14F2N2O. The van der Waals surface area contributed by atoms with Gasteiger partial charge in [-0.05, 0) is 17.7 Å². The van der Waals surface area contributed by atoms with Gasteiger partial charge >= 0.3 is 0 Å². The van der Waals surface area contributed by atoms with Crippen molar-refractivity contribution in [1.29, 1.82) is 0 Å². The van der Waals surface area contributed by atoms with Gasteiger partial charge in [0.05, 0.1) is 6.04 Å². The third-order valence-electron chi connectivity index (χ3n) is 2.87. The number of carbonyl (C=O) groups excluding carboxylic acids is 1. The van der Waals surface area contributed by atoms with E-state index in [-0.39, 0.29) is 12.1 Å². The van der Waals surface area contributed by atoms with Gasteiger partial charge in [-0.25, -0.2) is 8.78 Å². The minimum atomic E-state index is -0.792. The van der Waals surface area contributed by atoms with Crippen LogP contribution in [0.2, 0.25) is 0 Å². The molecule has 1 amide bonds. The maximum absolute atomic E-state index is 13.1. The number of amides is 1. The number of halogens is 2. The summed E-state index contributed by atoms with van der Waals surface area (Å²) in [5.41, 5.74) is 6.39. The SMILES string of the molecule is NCC(NC(=O)c1cc(F)cc(F)c1)c1ccccc1. The minimum Gasteiger partial charge on any atom is -0.344 e. The number of nitrogens with one attached hydrogen (secondary N) is 1. The van der Waals surface area contributed by atoms with Crippen LogP contribution in [-0.4, -0.2) is 12.5 Å². The van der Waals surface area contributed by atoms with E-state index in [0.29, 0.717) is 6.07 Å². The summed E-state index contributed by atoms with van der Waals surface area (Å²) in [5, 5.41) is 2.66. The number of rotatable bonds is 4. The topological polar surface area (TPSA) is 55.1 Å². The molecule has 0 radical (unpaired) electrons. The lowest BCUT2D eigenvalue weighted by Crippen LogP contribution is -2.33. The molecule has 1 unspecified atom stereocenters. The third kappa shape index (κ3) is 3.39. The molecule has 0 aliphatic rings. The van der Waals surface area contributed by atoms with Crippen LogP contribution in [-0.2, 0) is 0 Å². The normalized spacial score (nSPS) is 11.9. The molecule has 0 aromatic heterocycles. The molecule has 1 atom stereocenters. The Bertz CT molecular complexity index is 582. The molecule has 0 bridgehead atoms. The Morgan fingerprint density at radius 2 is 1.70 bits per heavy atom. The summed E-state index contributed by atoms with van der Waals surface area (Å²) < 4.78 is 26.2. The lowest BCUT2D eigenvalue weighted by molar-refractivity contribution is 0.0937. The van der Waals surface area contributed by atoms with E-state index in [1.807, 2.05) is 30.3 Å². The first-order valence-electron chi connectivity index (χ1n) is 6.12. The van der Waals surface area contributed by atoms with Gasteiger partial charge in [0.15, 0.2) is 0 Å². The molecule has 2 aromatic rings. The van der Waals surface area contributed by atoms with Crippen molar-refractivity contribution in [3.8, 4) is 0 Å². The number of carbonyl (C=O) groups is 1. The molecule has 5 heteroatoms. The fraction of sp³-hybridized carbons (Fsp3) is 0.133. The van der Waals surface area contributed by atoms with Gasteiger partial charge < -0.3 is 11.1 Å². The van der Waals surface area contributed by atoms with Crippen molar-refractivity contribution in [3.63, 3.8) is 0 Å². The van der Waals surface area contributed by atoms with E-state index < -0.39 is 23.6 Å². The quantitative estimate of drug-likeness (QED) is 0.901. The number of hydrogen-bond donors (Lipinski definition) is 2. The average molecular weight is 276 g/mol. The number of benzene rings is 2. The summed E-state index contributed by atoms with van der Waals surface area (Å²) in [6.07, 6.45) is 0. The lowest BCUT2D eigenvalue weighted by Gasteiger charge is -2.17. The molecular weight excluding hydrogens is 262 g/mol. The zero-order chi connectivity index (χ0) is 14.5. The molecule has 104 valence electrons. The van der Waals surface area contributed by atoms with Gasteiger partial charge in [0.2, 0.25) is 0 Å². The van der Waals surface area contributed by atoms with Crippen LogP contribution in [0.4, 0.5) is 8.78 Å². The van der Waals surface area contributed by atoms with Crippen LogP contribution in [0.3, 0.4) is 0 Å². The minimum absolute atomic E-state index is 0.0723. The molecule has 0 heterocycles. The van der Waals surface area contributed by atoms with E-state index in [9.17, 15) is 13.6 Å². The van der Waals surface area contributed by atoms with Gasteiger partial charge in [-0.15, -0.1) is 0 Å². The molecule has 2 rings (SSSR count). The Labute approximate surface area is 115 Å². The van der Waals surface area contributed by atoms with Crippen molar-refractivity contribution < 1.29 is 13.6 Å². The van der Waals surface area contributed by atoms with Crippen LogP contribution in [0, 0.1) is 11.6 Å². The van der Waals surface area contributed by atoms with Crippen LogP contribution in [0.1, 0.15) is 22.0 Å². The van der Waals surface area contributed by atoms with Crippen molar-refractivity contribution in [1.82, 2.24) is 5.32 Å². The smallest absolute Gasteiger partial charge is 0.252 e. The second-order valence-electron chi connectivity index (χ2n) is 4.33. The van der Waals surface area contributed by atoms with E-state index in [1.165, 1.54) is 0 Å². The standard InChI is InChI=1S/C15H14F2N2O/c16-12-6-11(7-13(17)8-12)15(20)19-14(9-18)10-4-2-1-3-5-10/h1-8,14H,9,18H2,(H,19,20). The summed E-state index contributed by atoms with van der Waals surface area (Å²) in [7, 11) is 0. The highest BCUT2D eigenvalue weighted by Crippen LogP contribution is 2.13. The largest absolute Gasteiger partial charge is 0.344 e. The van der Waals surface area contributed by atoms with Crippen molar-refractivity contribution >= 4 is 5.91 Å². The maximum Gasteiger partial charge on any atom is 0.252 e. The predicted molar refractivity (Wildman–Crippen MR) is 72.1 cm³/mol. The lowest BCUT2D eigenvalue weighted by atomic mass is 10.1. The van der Waals surface area contributed by atoms with E-state index in [4.69, 9.17) is 5.73 Å². The van der Waals surface area contributed by atoms with Crippen LogP contribution < -0.4 is 11.1 Å². The van der Waals surface area contributed by atoms with Gasteiger partial charge in [0, 0.05) is 18.2 Å². The Hall–Kier alpha value is -2.27. The van der Waals surface area contributed by atoms with Crippen LogP contribution in [0.15, 0.2) is 48.5 Å². The molecule has 3 N–H and O–H groups in total. The van der Waals surface area contributed by atoms with Gasteiger partial charge in [-0.3, -0.25) is 4.79 Å². The second-order valence-corrected chi connectivity index (χ2v) is 4.33. The maximum atomic E-state index is 13.1. The second kappa shape index (κ2) is 6.25. The summed E-state index contributed by atoms with van der Waals surface area (Å²) >= 11 is 0. The third-order valence-corrected chi connectivity index (χ3v) is 2.87. The monoisotopic (exact) mass is 276 g/mol. The van der Waals surface area contributed by atoms with E-state index in [2.05, 4.69) is 5.32 Å². The first-order chi connectivity index (χ1) is 9.60. The Balaban J connectivity index is 2.17. The van der Waals surface area contributed by atoms with Crippen LogP contribution in [0.5, 0.6) is 0 Å². The number of nitrogens with two attached hydrogens (primary N) is 1. The summed E-state index contributed by atoms with van der Waals surface area (Å²) in [5.74, 6) is -2.15. The van der Waals surface area contributed by atoms with Crippen molar-refractivity contribution in [2.24, 2.45) is 5.73 Å². The Morgan fingerprint density at radius 1 is 1.10 bits per heavy atom. The molecule has 0 aliphatic heterocycles. The number of hydrogen-bond acceptors (Lipinski definition) is 2. The summed E-state index contributed by atoms with van der Waals surface area (Å²) in [4.78, 5) is 12.0. The molecule has 20 heavy (non-hydrogen) atoms. The van der Waals surface area contributed by atoms with Crippen molar-refractivity contribution in [2.45, 2.75) is 6.04 Å². The molecule has 0 spiro atoms. The molecule has 0 fully saturated rings. The van der Waals surface area contributed by atoms with E-state index >= 15 is 0 Å². The molecule has 2 aromatic carbocycles. The summed E-state index contributed by atoms with van der Waals surface area (Å²) in [6.45, 7) is 0.188. The molecule has 3 nitrogen and oxygen atoms in total. The van der Waals surface area contributed by atoms with E-state index in [1.54, 1.807) is 0 Å². The highest BCUT2D eigenvalue weighted by molar-refractivity contribution is 5.94. The fourth-order valence-corrected chi connectivity index (χ4v) is 1.89. The van der Waals surface area contributed by atoms with Gasteiger partial charge in [-0.2, -0.15) is 0 Å². The molecule has 0 aliphatic carbocycles. The summed E-state index contributed by atoms with van der Waals surface area (Å²) in [6, 6.07) is 11.4. The van der Waals surface area contributed by atoms with Crippen molar-refractivity contribution in [2.75, 3.05) is 6.54 Å². The first kappa shape index (κ1) is 14.1. The highest BCUT2D eigenvalue weighted by Gasteiger charge is 2.15. The van der Waals surface area contributed by atoms with Crippen LogP contribution >= 0.6 is 0 Å². The van der Waals surface area contributed by atoms with E-state index in [0.717, 1.165) is 17.7 Å². The zero-order valence-electron chi connectivity index (χ0n) is 10.6. The van der Waals surface area contributed by atoms with Crippen LogP contribution in [0.25, 0.3) is 0 Å². The van der Waals surface area contributed by atoms with Crippen molar-refractivity contribution in [3.05, 3.63) is 71.3 Å². The zero-order valence-corrected chi connectivity index (χ0v) is 10.6. The molecule has 0 saturated carbocycles. The van der Waals surface area contributed by atoms with Gasteiger partial charge in [-0.1, -0.05) is 30.3 Å².